The zero-order valence-corrected chi connectivity index (χ0v) is 13.9. The van der Waals surface area contributed by atoms with E-state index in [4.69, 9.17) is 16.4 Å². The fourth-order valence-corrected chi connectivity index (χ4v) is 2.72. The molecule has 25 heavy (non-hydrogen) atoms. The molecular formula is C16H16ClN3O5. The van der Waals surface area contributed by atoms with Gasteiger partial charge in [-0.15, -0.1) is 4.73 Å². The average molecular weight is 366 g/mol. The molecule has 2 amide bonds. The van der Waals surface area contributed by atoms with Gasteiger partial charge in [0.25, 0.3) is 5.91 Å². The second-order valence-electron chi connectivity index (χ2n) is 5.49. The number of amides is 2. The maximum atomic E-state index is 12.4. The van der Waals surface area contributed by atoms with Crippen molar-refractivity contribution in [2.45, 2.75) is 0 Å². The fourth-order valence-electron chi connectivity index (χ4n) is 2.53. The number of aromatic hydroxyl groups is 2. The standard InChI is InChI=1S/C16H16ClN3O5/c17-12-3-1-2-11(10-12)15(23)18-6-8-19(9-7-18)16(24)25-20-13(21)4-5-14(20)22/h1-5,10,21-22H,6-9H2. The van der Waals surface area contributed by atoms with Crippen molar-refractivity contribution < 1.29 is 24.6 Å². The fraction of sp³-hybridized carbons (Fsp3) is 0.250. The first-order chi connectivity index (χ1) is 12.0. The van der Waals surface area contributed by atoms with Crippen molar-refractivity contribution >= 4 is 23.6 Å². The molecule has 0 saturated carbocycles. The van der Waals surface area contributed by atoms with E-state index >= 15 is 0 Å². The Morgan fingerprint density at radius 2 is 1.56 bits per heavy atom. The molecule has 0 atom stereocenters. The Hall–Kier alpha value is -2.87. The molecule has 3 rings (SSSR count). The van der Waals surface area contributed by atoms with Crippen LogP contribution in [0.25, 0.3) is 0 Å². The summed E-state index contributed by atoms with van der Waals surface area (Å²) in [5, 5.41) is 19.5. The number of hydrogen-bond donors (Lipinski definition) is 2. The van der Waals surface area contributed by atoms with E-state index in [1.807, 2.05) is 0 Å². The highest BCUT2D eigenvalue weighted by molar-refractivity contribution is 6.30. The summed E-state index contributed by atoms with van der Waals surface area (Å²) in [6.45, 7) is 1.22. The van der Waals surface area contributed by atoms with E-state index in [2.05, 4.69) is 0 Å². The minimum atomic E-state index is -0.725. The molecule has 1 aliphatic heterocycles. The monoisotopic (exact) mass is 365 g/mol. The SMILES string of the molecule is O=C(On1c(O)ccc1O)N1CCN(C(=O)c2cccc(Cl)c2)CC1. The van der Waals surface area contributed by atoms with Gasteiger partial charge >= 0.3 is 6.09 Å². The van der Waals surface area contributed by atoms with Crippen LogP contribution in [0, 0.1) is 0 Å². The normalized spacial score (nSPS) is 14.4. The molecule has 1 aromatic heterocycles. The third-order valence-electron chi connectivity index (χ3n) is 3.86. The van der Waals surface area contributed by atoms with Gasteiger partial charge in [0, 0.05) is 48.9 Å². The zero-order valence-electron chi connectivity index (χ0n) is 13.1. The molecule has 1 fully saturated rings. The van der Waals surface area contributed by atoms with Crippen LogP contribution in [-0.2, 0) is 0 Å². The smallest absolute Gasteiger partial charge is 0.434 e. The lowest BCUT2D eigenvalue weighted by Gasteiger charge is -2.34. The molecule has 1 saturated heterocycles. The van der Waals surface area contributed by atoms with Crippen molar-refractivity contribution in [2.75, 3.05) is 26.2 Å². The van der Waals surface area contributed by atoms with Gasteiger partial charge in [-0.2, -0.15) is 0 Å². The highest BCUT2D eigenvalue weighted by Crippen LogP contribution is 2.19. The lowest BCUT2D eigenvalue weighted by molar-refractivity contribution is 0.0480. The van der Waals surface area contributed by atoms with Crippen molar-refractivity contribution in [1.29, 1.82) is 0 Å². The second kappa shape index (κ2) is 6.94. The maximum absolute atomic E-state index is 12.4. The van der Waals surface area contributed by atoms with Crippen LogP contribution in [0.5, 0.6) is 11.8 Å². The van der Waals surface area contributed by atoms with Gasteiger partial charge in [-0.3, -0.25) is 4.79 Å². The molecule has 0 bridgehead atoms. The minimum absolute atomic E-state index is 0.156. The van der Waals surface area contributed by atoms with Crippen molar-refractivity contribution in [2.24, 2.45) is 0 Å². The lowest BCUT2D eigenvalue weighted by Crippen LogP contribution is -2.52. The van der Waals surface area contributed by atoms with E-state index in [0.717, 1.165) is 0 Å². The molecule has 9 heteroatoms. The van der Waals surface area contributed by atoms with E-state index in [1.165, 1.54) is 17.0 Å². The Morgan fingerprint density at radius 1 is 0.960 bits per heavy atom. The summed E-state index contributed by atoms with van der Waals surface area (Å²) in [7, 11) is 0. The third-order valence-corrected chi connectivity index (χ3v) is 4.10. The van der Waals surface area contributed by atoms with Gasteiger partial charge in [0.15, 0.2) is 0 Å². The minimum Gasteiger partial charge on any atom is -0.492 e. The van der Waals surface area contributed by atoms with Crippen LogP contribution >= 0.6 is 11.6 Å². The molecule has 2 aromatic rings. The van der Waals surface area contributed by atoms with E-state index in [9.17, 15) is 19.8 Å². The number of aromatic nitrogens is 1. The molecular weight excluding hydrogens is 350 g/mol. The summed E-state index contributed by atoms with van der Waals surface area (Å²) < 4.78 is 0.631. The average Bonchev–Trinajstić information content (AvgIpc) is 2.93. The van der Waals surface area contributed by atoms with E-state index in [1.54, 1.807) is 29.2 Å². The number of rotatable bonds is 2. The summed E-state index contributed by atoms with van der Waals surface area (Å²) in [5.74, 6) is -0.933. The second-order valence-corrected chi connectivity index (χ2v) is 5.93. The lowest BCUT2D eigenvalue weighted by atomic mass is 10.2. The summed E-state index contributed by atoms with van der Waals surface area (Å²) in [5.41, 5.74) is 0.491. The van der Waals surface area contributed by atoms with Crippen LogP contribution in [0.3, 0.4) is 0 Å². The zero-order chi connectivity index (χ0) is 18.0. The number of hydrogen-bond acceptors (Lipinski definition) is 5. The van der Waals surface area contributed by atoms with Crippen molar-refractivity contribution in [3.8, 4) is 11.8 Å². The van der Waals surface area contributed by atoms with Gasteiger partial charge in [-0.1, -0.05) is 17.7 Å². The largest absolute Gasteiger partial charge is 0.492 e. The first-order valence-electron chi connectivity index (χ1n) is 7.57. The van der Waals surface area contributed by atoms with Crippen molar-refractivity contribution in [1.82, 2.24) is 14.5 Å². The summed E-state index contributed by atoms with van der Waals surface area (Å²) >= 11 is 5.90. The van der Waals surface area contributed by atoms with E-state index in [0.29, 0.717) is 28.4 Å². The number of carbonyl (C=O) groups is 2. The molecule has 2 N–H and O–H groups in total. The van der Waals surface area contributed by atoms with Crippen LogP contribution in [0.2, 0.25) is 5.02 Å². The molecule has 8 nitrogen and oxygen atoms in total. The first kappa shape index (κ1) is 17.0. The highest BCUT2D eigenvalue weighted by Gasteiger charge is 2.27. The summed E-state index contributed by atoms with van der Waals surface area (Å²) in [4.78, 5) is 32.5. The molecule has 1 aliphatic rings. The molecule has 0 radical (unpaired) electrons. The quantitative estimate of drug-likeness (QED) is 0.842. The Morgan fingerprint density at radius 3 is 2.16 bits per heavy atom. The predicted octanol–water partition coefficient (Wildman–Crippen LogP) is 1.56. The number of carbonyl (C=O) groups excluding carboxylic acids is 2. The predicted molar refractivity (Wildman–Crippen MR) is 88.7 cm³/mol. The maximum Gasteiger partial charge on any atom is 0.434 e. The summed E-state index contributed by atoms with van der Waals surface area (Å²) in [6, 6.07) is 9.08. The van der Waals surface area contributed by atoms with Crippen LogP contribution in [0.4, 0.5) is 4.79 Å². The van der Waals surface area contributed by atoms with Gasteiger partial charge in [0.1, 0.15) is 0 Å². The Labute approximate surface area is 148 Å². The van der Waals surface area contributed by atoms with Gasteiger partial charge in [-0.05, 0) is 18.2 Å². The van der Waals surface area contributed by atoms with Crippen molar-refractivity contribution in [3.05, 3.63) is 47.0 Å². The van der Waals surface area contributed by atoms with Gasteiger partial charge in [0.05, 0.1) is 0 Å². The molecule has 0 spiro atoms. The van der Waals surface area contributed by atoms with Crippen LogP contribution in [0.15, 0.2) is 36.4 Å². The summed E-state index contributed by atoms with van der Waals surface area (Å²) in [6.07, 6.45) is -0.725. The third kappa shape index (κ3) is 3.63. The molecule has 132 valence electrons. The topological polar surface area (TPSA) is 95.2 Å². The van der Waals surface area contributed by atoms with E-state index < -0.39 is 6.09 Å². The molecule has 0 unspecified atom stereocenters. The van der Waals surface area contributed by atoms with Gasteiger partial charge in [-0.25, -0.2) is 4.79 Å². The highest BCUT2D eigenvalue weighted by atomic mass is 35.5. The van der Waals surface area contributed by atoms with Gasteiger partial charge < -0.3 is 24.9 Å². The molecule has 1 aromatic carbocycles. The number of halogens is 1. The molecule has 2 heterocycles. The van der Waals surface area contributed by atoms with Gasteiger partial charge in [0.2, 0.25) is 11.8 Å². The Kier molecular flexibility index (Phi) is 4.71. The number of benzene rings is 1. The van der Waals surface area contributed by atoms with Crippen LogP contribution in [0.1, 0.15) is 10.4 Å². The molecule has 0 aliphatic carbocycles. The number of piperazine rings is 1. The number of nitrogens with zero attached hydrogens (tertiary/aromatic N) is 3. The Balaban J connectivity index is 1.58. The van der Waals surface area contributed by atoms with E-state index in [-0.39, 0.29) is 30.8 Å². The first-order valence-corrected chi connectivity index (χ1v) is 7.95. The Bertz CT molecular complexity index is 779. The van der Waals surface area contributed by atoms with Crippen LogP contribution < -0.4 is 4.84 Å². The van der Waals surface area contributed by atoms with Crippen molar-refractivity contribution in [3.63, 3.8) is 0 Å². The van der Waals surface area contributed by atoms with Crippen LogP contribution in [-0.4, -0.2) is 62.9 Å².